The Labute approximate surface area is 227 Å². The van der Waals surface area contributed by atoms with Gasteiger partial charge in [-0.15, -0.1) is 0 Å². The quantitative estimate of drug-likeness (QED) is 0.170. The highest BCUT2D eigenvalue weighted by Crippen LogP contribution is 2.35. The molecule has 0 spiro atoms. The maximum absolute atomic E-state index is 14.6. The topological polar surface area (TPSA) is 60.1 Å². The number of aromatic amines is 2. The van der Waals surface area contributed by atoms with E-state index in [1.807, 2.05) is 36.5 Å². The van der Waals surface area contributed by atoms with Gasteiger partial charge in [0, 0.05) is 34.6 Å². The SMILES string of the molecule is C=N/C=C(\C=C(/C)CN1CCCCC1)c1ccc2[nH]nc(-c3cc4c(-c5ccccc5F)cccc4[nH]3)c2c1. The second-order valence-corrected chi connectivity index (χ2v) is 10.4. The third kappa shape index (κ3) is 5.08. The maximum atomic E-state index is 14.6. The third-order valence-electron chi connectivity index (χ3n) is 7.53. The molecule has 1 fully saturated rings. The van der Waals surface area contributed by atoms with Gasteiger partial charge in [0.15, 0.2) is 0 Å². The van der Waals surface area contributed by atoms with Gasteiger partial charge in [0.05, 0.1) is 11.2 Å². The Kier molecular flexibility index (Phi) is 6.95. The van der Waals surface area contributed by atoms with Crippen molar-refractivity contribution in [1.29, 1.82) is 0 Å². The molecule has 3 heterocycles. The third-order valence-corrected chi connectivity index (χ3v) is 7.53. The summed E-state index contributed by atoms with van der Waals surface area (Å²) >= 11 is 0. The summed E-state index contributed by atoms with van der Waals surface area (Å²) in [5, 5.41) is 9.79. The van der Waals surface area contributed by atoms with E-state index in [0.29, 0.717) is 5.56 Å². The largest absolute Gasteiger partial charge is 0.353 e. The first-order chi connectivity index (χ1) is 19.1. The molecule has 196 valence electrons. The van der Waals surface area contributed by atoms with Crippen LogP contribution in [0.15, 0.2) is 89.6 Å². The number of nitrogens with one attached hydrogen (secondary N) is 2. The van der Waals surface area contributed by atoms with Crippen LogP contribution in [-0.2, 0) is 0 Å². The van der Waals surface area contributed by atoms with E-state index in [1.54, 1.807) is 6.07 Å². The van der Waals surface area contributed by atoms with Crippen LogP contribution in [-0.4, -0.2) is 46.4 Å². The van der Waals surface area contributed by atoms with Crippen LogP contribution in [0.5, 0.6) is 0 Å². The maximum Gasteiger partial charge on any atom is 0.131 e. The lowest BCUT2D eigenvalue weighted by molar-refractivity contribution is 0.246. The van der Waals surface area contributed by atoms with Crippen LogP contribution in [0.2, 0.25) is 0 Å². The zero-order valence-corrected chi connectivity index (χ0v) is 22.2. The van der Waals surface area contributed by atoms with Crippen LogP contribution in [0.3, 0.4) is 0 Å². The highest BCUT2D eigenvalue weighted by molar-refractivity contribution is 6.01. The number of piperidine rings is 1. The molecule has 5 aromatic rings. The predicted octanol–water partition coefficient (Wildman–Crippen LogP) is 7.99. The number of benzene rings is 3. The van der Waals surface area contributed by atoms with Gasteiger partial charge >= 0.3 is 0 Å². The molecule has 6 heteroatoms. The van der Waals surface area contributed by atoms with E-state index in [-0.39, 0.29) is 5.82 Å². The molecule has 0 atom stereocenters. The fourth-order valence-corrected chi connectivity index (χ4v) is 5.67. The second kappa shape index (κ2) is 10.8. The van der Waals surface area contributed by atoms with Gasteiger partial charge in [-0.25, -0.2) is 4.39 Å². The number of hydrogen-bond donors (Lipinski definition) is 2. The van der Waals surface area contributed by atoms with Crippen LogP contribution in [0.4, 0.5) is 4.39 Å². The molecule has 0 aliphatic carbocycles. The average molecular weight is 518 g/mol. The molecule has 0 amide bonds. The van der Waals surface area contributed by atoms with Crippen molar-refractivity contribution in [2.75, 3.05) is 19.6 Å². The van der Waals surface area contributed by atoms with Crippen molar-refractivity contribution in [2.24, 2.45) is 4.99 Å². The molecule has 1 saturated heterocycles. The Bertz CT molecular complexity index is 1710. The molecule has 3 aromatic carbocycles. The van der Waals surface area contributed by atoms with Gasteiger partial charge in [0.1, 0.15) is 11.5 Å². The van der Waals surface area contributed by atoms with Crippen LogP contribution in [0.1, 0.15) is 31.7 Å². The highest BCUT2D eigenvalue weighted by Gasteiger charge is 2.16. The summed E-state index contributed by atoms with van der Waals surface area (Å²) in [4.78, 5) is 10.1. The molecule has 0 unspecified atom stereocenters. The van der Waals surface area contributed by atoms with Crippen molar-refractivity contribution in [2.45, 2.75) is 26.2 Å². The van der Waals surface area contributed by atoms with Crippen molar-refractivity contribution in [3.8, 4) is 22.5 Å². The van der Waals surface area contributed by atoms with Gasteiger partial charge in [0.25, 0.3) is 0 Å². The average Bonchev–Trinajstić information content (AvgIpc) is 3.57. The predicted molar refractivity (Wildman–Crippen MR) is 160 cm³/mol. The number of nitrogens with zero attached hydrogens (tertiary/aromatic N) is 3. The summed E-state index contributed by atoms with van der Waals surface area (Å²) < 4.78 is 14.6. The number of allylic oxidation sites excluding steroid dienone is 2. The fraction of sp³-hybridized carbons (Fsp3) is 0.212. The summed E-state index contributed by atoms with van der Waals surface area (Å²) in [5.41, 5.74) is 8.39. The fourth-order valence-electron chi connectivity index (χ4n) is 5.67. The van der Waals surface area contributed by atoms with Crippen LogP contribution in [0, 0.1) is 5.82 Å². The zero-order chi connectivity index (χ0) is 26.8. The Hall–Kier alpha value is -4.29. The Balaban J connectivity index is 1.38. The minimum absolute atomic E-state index is 0.235. The van der Waals surface area contributed by atoms with Crippen molar-refractivity contribution in [3.63, 3.8) is 0 Å². The monoisotopic (exact) mass is 517 g/mol. The molecule has 2 aromatic heterocycles. The molecule has 1 aliphatic heterocycles. The van der Waals surface area contributed by atoms with Gasteiger partial charge in [-0.2, -0.15) is 5.10 Å². The van der Waals surface area contributed by atoms with Crippen LogP contribution >= 0.6 is 0 Å². The molecular weight excluding hydrogens is 485 g/mol. The summed E-state index contributed by atoms with van der Waals surface area (Å²) in [6.07, 6.45) is 7.93. The number of fused-ring (bicyclic) bond motifs is 2. The molecule has 1 aliphatic rings. The van der Waals surface area contributed by atoms with Crippen molar-refractivity contribution in [3.05, 3.63) is 96.0 Å². The zero-order valence-electron chi connectivity index (χ0n) is 22.2. The number of likely N-dealkylation sites (tertiary alicyclic amines) is 1. The first-order valence-corrected chi connectivity index (χ1v) is 13.5. The van der Waals surface area contributed by atoms with Crippen LogP contribution < -0.4 is 0 Å². The lowest BCUT2D eigenvalue weighted by Crippen LogP contribution is -2.31. The number of rotatable bonds is 7. The molecule has 2 N–H and O–H groups in total. The summed E-state index contributed by atoms with van der Waals surface area (Å²) in [5.74, 6) is -0.235. The molecule has 6 rings (SSSR count). The van der Waals surface area contributed by atoms with E-state index in [0.717, 1.165) is 69.5 Å². The lowest BCUT2D eigenvalue weighted by atomic mass is 10.00. The van der Waals surface area contributed by atoms with Gasteiger partial charge in [-0.1, -0.05) is 54.5 Å². The van der Waals surface area contributed by atoms with Gasteiger partial charge < -0.3 is 4.98 Å². The van der Waals surface area contributed by atoms with Crippen LogP contribution in [0.25, 0.3) is 49.9 Å². The lowest BCUT2D eigenvalue weighted by Gasteiger charge is -2.26. The summed E-state index contributed by atoms with van der Waals surface area (Å²) in [6.45, 7) is 9.19. The van der Waals surface area contributed by atoms with E-state index in [1.165, 1.54) is 30.9 Å². The minimum Gasteiger partial charge on any atom is -0.353 e. The number of H-pyrrole nitrogens is 2. The van der Waals surface area contributed by atoms with Crippen molar-refractivity contribution in [1.82, 2.24) is 20.1 Å². The van der Waals surface area contributed by atoms with E-state index in [4.69, 9.17) is 0 Å². The number of aromatic nitrogens is 3. The standard InChI is InChI=1S/C33H32FN5/c1-22(21-39-15-6-3-7-16-39)17-24(20-35-2)23-13-14-31-28(18-23)33(38-37-31)32-19-27-25(10-8-12-30(27)36-32)26-9-4-5-11-29(26)34/h4-5,8-14,17-20,36H,2-3,6-7,15-16,21H2,1H3,(H,37,38)/b22-17+,24-20+. The highest BCUT2D eigenvalue weighted by atomic mass is 19.1. The smallest absolute Gasteiger partial charge is 0.131 e. The van der Waals surface area contributed by atoms with E-state index in [9.17, 15) is 4.39 Å². The van der Waals surface area contributed by atoms with Gasteiger partial charge in [0.2, 0.25) is 0 Å². The summed E-state index contributed by atoms with van der Waals surface area (Å²) in [6, 6.07) is 21.2. The van der Waals surface area contributed by atoms with Crippen molar-refractivity contribution < 1.29 is 4.39 Å². The van der Waals surface area contributed by atoms with E-state index in [2.05, 4.69) is 69.1 Å². The number of halogens is 1. The first-order valence-electron chi connectivity index (χ1n) is 13.5. The minimum atomic E-state index is -0.235. The Morgan fingerprint density at radius 1 is 0.974 bits per heavy atom. The van der Waals surface area contributed by atoms with Gasteiger partial charge in [-0.3, -0.25) is 15.0 Å². The molecule has 39 heavy (non-hydrogen) atoms. The first kappa shape index (κ1) is 25.0. The molecular formula is C33H32FN5. The van der Waals surface area contributed by atoms with E-state index < -0.39 is 0 Å². The molecule has 0 radical (unpaired) electrons. The number of hydrogen-bond acceptors (Lipinski definition) is 3. The number of aliphatic imine (C=N–C) groups is 1. The molecule has 0 bridgehead atoms. The second-order valence-electron chi connectivity index (χ2n) is 10.4. The Morgan fingerprint density at radius 2 is 1.79 bits per heavy atom. The Morgan fingerprint density at radius 3 is 2.62 bits per heavy atom. The normalized spacial score (nSPS) is 15.3. The summed E-state index contributed by atoms with van der Waals surface area (Å²) in [7, 11) is 0. The van der Waals surface area contributed by atoms with E-state index >= 15 is 0 Å². The molecule has 0 saturated carbocycles. The van der Waals surface area contributed by atoms with Gasteiger partial charge in [-0.05, 0) is 86.6 Å². The molecule has 5 nitrogen and oxygen atoms in total. The van der Waals surface area contributed by atoms with Crippen molar-refractivity contribution >= 4 is 34.1 Å².